The van der Waals surface area contributed by atoms with Crippen molar-refractivity contribution in [2.24, 2.45) is 0 Å². The lowest BCUT2D eigenvalue weighted by atomic mass is 9.94. The van der Waals surface area contributed by atoms with E-state index in [-0.39, 0.29) is 16.8 Å². The van der Waals surface area contributed by atoms with E-state index in [1.807, 2.05) is 0 Å². The highest BCUT2D eigenvalue weighted by atomic mass is 32.2. The molecule has 0 bridgehead atoms. The van der Waals surface area contributed by atoms with Gasteiger partial charge in [-0.15, -0.1) is 0 Å². The Labute approximate surface area is 159 Å². The molecule has 1 fully saturated rings. The molecule has 1 aliphatic rings. The predicted octanol–water partition coefficient (Wildman–Crippen LogP) is 3.96. The molecule has 0 aliphatic heterocycles. The first kappa shape index (κ1) is 19.5. The van der Waals surface area contributed by atoms with Crippen LogP contribution in [0.1, 0.15) is 37.7 Å². The Morgan fingerprint density at radius 3 is 2.22 bits per heavy atom. The van der Waals surface area contributed by atoms with Gasteiger partial charge in [0.2, 0.25) is 5.91 Å². The van der Waals surface area contributed by atoms with Gasteiger partial charge in [0.25, 0.3) is 0 Å². The lowest BCUT2D eigenvalue weighted by Crippen LogP contribution is -2.43. The highest BCUT2D eigenvalue weighted by Gasteiger charge is 2.29. The monoisotopic (exact) mass is 389 g/mol. The minimum absolute atomic E-state index is 0.0299. The summed E-state index contributed by atoms with van der Waals surface area (Å²) in [7, 11) is -3.69. The summed E-state index contributed by atoms with van der Waals surface area (Å²) < 4.78 is 38.4. The van der Waals surface area contributed by atoms with Crippen molar-refractivity contribution in [3.8, 4) is 0 Å². The molecule has 0 spiro atoms. The summed E-state index contributed by atoms with van der Waals surface area (Å²) in [6.45, 7) is 0.300. The van der Waals surface area contributed by atoms with Gasteiger partial charge in [0.15, 0.2) is 9.84 Å². The molecule has 0 atom stereocenters. The normalized spacial score (nSPS) is 15.4. The summed E-state index contributed by atoms with van der Waals surface area (Å²) in [4.78, 5) is 14.8. The van der Waals surface area contributed by atoms with Gasteiger partial charge in [-0.2, -0.15) is 0 Å². The molecule has 1 amide bonds. The molecule has 4 nitrogen and oxygen atoms in total. The van der Waals surface area contributed by atoms with E-state index < -0.39 is 21.5 Å². The first-order valence-electron chi connectivity index (χ1n) is 9.27. The number of carbonyl (C=O) groups excluding carboxylic acids is 1. The molecule has 0 aromatic heterocycles. The Kier molecular flexibility index (Phi) is 6.26. The molecular formula is C21H24FNO3S. The third-order valence-electron chi connectivity index (χ3n) is 5.02. The second-order valence-corrected chi connectivity index (χ2v) is 9.00. The van der Waals surface area contributed by atoms with E-state index in [2.05, 4.69) is 0 Å². The topological polar surface area (TPSA) is 54.5 Å². The van der Waals surface area contributed by atoms with E-state index in [0.717, 1.165) is 37.7 Å². The molecule has 0 radical (unpaired) electrons. The van der Waals surface area contributed by atoms with Crippen LogP contribution in [-0.2, 0) is 21.2 Å². The van der Waals surface area contributed by atoms with Crippen LogP contribution in [0.5, 0.6) is 0 Å². The minimum atomic E-state index is -3.69. The van der Waals surface area contributed by atoms with Gasteiger partial charge in [0, 0.05) is 12.6 Å². The highest BCUT2D eigenvalue weighted by Crippen LogP contribution is 2.25. The Morgan fingerprint density at radius 1 is 0.963 bits per heavy atom. The van der Waals surface area contributed by atoms with Crippen LogP contribution in [-0.4, -0.2) is 31.0 Å². The van der Waals surface area contributed by atoms with Crippen molar-refractivity contribution in [1.29, 1.82) is 0 Å². The maximum Gasteiger partial charge on any atom is 0.238 e. The van der Waals surface area contributed by atoms with Crippen molar-refractivity contribution in [3.05, 3.63) is 66.0 Å². The molecule has 1 aliphatic carbocycles. The number of benzene rings is 2. The fourth-order valence-electron chi connectivity index (χ4n) is 3.56. The highest BCUT2D eigenvalue weighted by molar-refractivity contribution is 7.92. The quantitative estimate of drug-likeness (QED) is 0.751. The maximum atomic E-state index is 13.2. The first-order valence-corrected chi connectivity index (χ1v) is 10.9. The van der Waals surface area contributed by atoms with Gasteiger partial charge < -0.3 is 4.90 Å². The summed E-state index contributed by atoms with van der Waals surface area (Å²) in [5, 5.41) is 0. The minimum Gasteiger partial charge on any atom is -0.334 e. The van der Waals surface area contributed by atoms with Crippen molar-refractivity contribution in [1.82, 2.24) is 4.90 Å². The Morgan fingerprint density at radius 2 is 1.59 bits per heavy atom. The van der Waals surface area contributed by atoms with Gasteiger partial charge in [-0.3, -0.25) is 4.79 Å². The van der Waals surface area contributed by atoms with E-state index in [4.69, 9.17) is 0 Å². The second-order valence-electron chi connectivity index (χ2n) is 7.01. The van der Waals surface area contributed by atoms with Crippen LogP contribution < -0.4 is 0 Å². The van der Waals surface area contributed by atoms with Crippen LogP contribution in [0.25, 0.3) is 0 Å². The number of nitrogens with zero attached hydrogens (tertiary/aromatic N) is 1. The van der Waals surface area contributed by atoms with E-state index in [1.54, 1.807) is 35.2 Å². The molecule has 1 saturated carbocycles. The Hall–Kier alpha value is -2.21. The smallest absolute Gasteiger partial charge is 0.238 e. The molecule has 6 heteroatoms. The number of hydrogen-bond acceptors (Lipinski definition) is 3. The third-order valence-corrected chi connectivity index (χ3v) is 6.64. The van der Waals surface area contributed by atoms with Gasteiger partial charge in [-0.25, -0.2) is 12.8 Å². The summed E-state index contributed by atoms with van der Waals surface area (Å²) in [5.74, 6) is -1.27. The molecule has 0 N–H and O–H groups in total. The van der Waals surface area contributed by atoms with Crippen LogP contribution in [0.3, 0.4) is 0 Å². The lowest BCUT2D eigenvalue weighted by molar-refractivity contribution is -0.132. The van der Waals surface area contributed by atoms with Gasteiger partial charge in [-0.05, 0) is 42.7 Å². The van der Waals surface area contributed by atoms with Crippen molar-refractivity contribution in [3.63, 3.8) is 0 Å². The predicted molar refractivity (Wildman–Crippen MR) is 102 cm³/mol. The summed E-state index contributed by atoms with van der Waals surface area (Å²) in [6, 6.07) is 14.1. The van der Waals surface area contributed by atoms with Crippen molar-refractivity contribution in [2.45, 2.75) is 49.6 Å². The maximum absolute atomic E-state index is 13.2. The molecule has 144 valence electrons. The first-order chi connectivity index (χ1) is 13.0. The fourth-order valence-corrected chi connectivity index (χ4v) is 4.79. The van der Waals surface area contributed by atoms with Gasteiger partial charge in [0.05, 0.1) is 4.90 Å². The number of amides is 1. The molecule has 0 unspecified atom stereocenters. The summed E-state index contributed by atoms with van der Waals surface area (Å²) in [6.07, 6.45) is 4.95. The van der Waals surface area contributed by atoms with Crippen LogP contribution in [0.4, 0.5) is 4.39 Å². The van der Waals surface area contributed by atoms with Gasteiger partial charge in [0.1, 0.15) is 11.6 Å². The molecular weight excluding hydrogens is 365 g/mol. The van der Waals surface area contributed by atoms with Gasteiger partial charge in [-0.1, -0.05) is 49.6 Å². The van der Waals surface area contributed by atoms with E-state index in [0.29, 0.717) is 6.54 Å². The molecule has 27 heavy (non-hydrogen) atoms. The zero-order chi connectivity index (χ0) is 19.3. The van der Waals surface area contributed by atoms with Crippen molar-refractivity contribution >= 4 is 15.7 Å². The van der Waals surface area contributed by atoms with E-state index >= 15 is 0 Å². The summed E-state index contributed by atoms with van der Waals surface area (Å²) in [5.41, 5.74) is 0.799. The number of rotatable bonds is 6. The zero-order valence-corrected chi connectivity index (χ0v) is 16.0. The van der Waals surface area contributed by atoms with Crippen LogP contribution in [0, 0.1) is 5.82 Å². The standard InChI is InChI=1S/C21H24FNO3S/c22-18-13-11-17(12-14-18)15-23(19-7-3-1-4-8-19)21(24)16-27(25,26)20-9-5-2-6-10-20/h2,5-6,9-14,19H,1,3-4,7-8,15-16H2. The van der Waals surface area contributed by atoms with E-state index in [1.165, 1.54) is 24.3 Å². The lowest BCUT2D eigenvalue weighted by Gasteiger charge is -2.34. The van der Waals surface area contributed by atoms with Gasteiger partial charge >= 0.3 is 0 Å². The molecule has 3 rings (SSSR count). The third kappa shape index (κ3) is 5.16. The van der Waals surface area contributed by atoms with Crippen LogP contribution in [0.15, 0.2) is 59.5 Å². The Bertz CT molecular complexity index is 860. The van der Waals surface area contributed by atoms with Crippen LogP contribution >= 0.6 is 0 Å². The average molecular weight is 389 g/mol. The molecule has 2 aromatic carbocycles. The zero-order valence-electron chi connectivity index (χ0n) is 15.2. The fraction of sp³-hybridized carbons (Fsp3) is 0.381. The number of sulfone groups is 1. The number of halogens is 1. The van der Waals surface area contributed by atoms with Crippen LogP contribution in [0.2, 0.25) is 0 Å². The SMILES string of the molecule is O=C(CS(=O)(=O)c1ccccc1)N(Cc1ccc(F)cc1)C1CCCCC1. The second kappa shape index (κ2) is 8.65. The largest absolute Gasteiger partial charge is 0.334 e. The molecule has 0 heterocycles. The van der Waals surface area contributed by atoms with E-state index in [9.17, 15) is 17.6 Å². The van der Waals surface area contributed by atoms with Crippen molar-refractivity contribution < 1.29 is 17.6 Å². The molecule has 2 aromatic rings. The molecule has 0 saturated heterocycles. The van der Waals surface area contributed by atoms with Crippen molar-refractivity contribution in [2.75, 3.05) is 5.75 Å². The summed E-state index contributed by atoms with van der Waals surface area (Å²) >= 11 is 0. The number of carbonyl (C=O) groups is 1. The number of hydrogen-bond donors (Lipinski definition) is 0. The Balaban J connectivity index is 1.80. The average Bonchev–Trinajstić information content (AvgIpc) is 2.68.